The van der Waals surface area contributed by atoms with Gasteiger partial charge in [0, 0.05) is 24.8 Å². The van der Waals surface area contributed by atoms with E-state index in [0.717, 1.165) is 5.69 Å². The van der Waals surface area contributed by atoms with Crippen molar-refractivity contribution in [1.29, 1.82) is 0 Å². The van der Waals surface area contributed by atoms with Crippen LogP contribution in [0.2, 0.25) is 0 Å². The van der Waals surface area contributed by atoms with Crippen molar-refractivity contribution in [2.75, 3.05) is 0 Å². The molecule has 4 rings (SSSR count). The molecule has 0 aliphatic carbocycles. The standard InChI is InChI=1S/C13H11N7OS/c1-8-16-11(20(17-8)9-5-15-18(2)7-9)10-6-14-13-19(12(10)21)3-4-22-13/h3-7H,1-2H3. The molecule has 0 atom stereocenters. The van der Waals surface area contributed by atoms with Gasteiger partial charge in [-0.05, 0) is 6.92 Å². The van der Waals surface area contributed by atoms with Gasteiger partial charge >= 0.3 is 0 Å². The molecule has 0 fully saturated rings. The van der Waals surface area contributed by atoms with Gasteiger partial charge in [0.25, 0.3) is 5.56 Å². The Bertz CT molecular complexity index is 1040. The molecule has 0 saturated heterocycles. The topological polar surface area (TPSA) is 82.9 Å². The molecule has 0 amide bonds. The lowest BCUT2D eigenvalue weighted by Gasteiger charge is -2.02. The van der Waals surface area contributed by atoms with Gasteiger partial charge in [-0.3, -0.25) is 13.9 Å². The molecule has 9 heteroatoms. The van der Waals surface area contributed by atoms with Crippen LogP contribution in [0.3, 0.4) is 0 Å². The molecule has 0 unspecified atom stereocenters. The maximum absolute atomic E-state index is 12.6. The van der Waals surface area contributed by atoms with Gasteiger partial charge in [-0.25, -0.2) is 14.6 Å². The number of aryl methyl sites for hydroxylation is 2. The predicted molar refractivity (Wildman–Crippen MR) is 81.2 cm³/mol. The van der Waals surface area contributed by atoms with Crippen LogP contribution < -0.4 is 5.56 Å². The van der Waals surface area contributed by atoms with Gasteiger partial charge in [0.1, 0.15) is 17.1 Å². The molecule has 0 aliphatic heterocycles. The monoisotopic (exact) mass is 313 g/mol. The fourth-order valence-corrected chi connectivity index (χ4v) is 2.94. The largest absolute Gasteiger partial charge is 0.274 e. The Labute approximate surface area is 128 Å². The molecular formula is C13H11N7OS. The Morgan fingerprint density at radius 3 is 2.91 bits per heavy atom. The molecule has 8 nitrogen and oxygen atoms in total. The van der Waals surface area contributed by atoms with Crippen molar-refractivity contribution >= 4 is 16.3 Å². The quantitative estimate of drug-likeness (QED) is 0.552. The number of hydrogen-bond acceptors (Lipinski definition) is 6. The minimum atomic E-state index is -0.163. The number of rotatable bonds is 2. The molecule has 22 heavy (non-hydrogen) atoms. The smallest absolute Gasteiger partial charge is 0.269 e. The highest BCUT2D eigenvalue weighted by Crippen LogP contribution is 2.18. The Kier molecular flexibility index (Phi) is 2.70. The highest BCUT2D eigenvalue weighted by Gasteiger charge is 2.17. The second-order valence-corrected chi connectivity index (χ2v) is 5.67. The molecule has 0 aliphatic rings. The van der Waals surface area contributed by atoms with Crippen molar-refractivity contribution in [1.82, 2.24) is 33.9 Å². The van der Waals surface area contributed by atoms with E-state index < -0.39 is 0 Å². The molecule has 4 aromatic heterocycles. The predicted octanol–water partition coefficient (Wildman–Crippen LogP) is 1.05. The van der Waals surface area contributed by atoms with Crippen molar-refractivity contribution in [3.63, 3.8) is 0 Å². The summed E-state index contributed by atoms with van der Waals surface area (Å²) in [6.45, 7) is 1.78. The summed E-state index contributed by atoms with van der Waals surface area (Å²) in [7, 11) is 1.82. The first-order valence-corrected chi connectivity index (χ1v) is 7.39. The molecule has 4 aromatic rings. The van der Waals surface area contributed by atoms with Crippen LogP contribution in [-0.4, -0.2) is 33.9 Å². The van der Waals surface area contributed by atoms with Gasteiger partial charge in [-0.15, -0.1) is 11.3 Å². The number of thiazole rings is 1. The van der Waals surface area contributed by atoms with Crippen molar-refractivity contribution < 1.29 is 0 Å². The van der Waals surface area contributed by atoms with Crippen LogP contribution in [0.5, 0.6) is 0 Å². The second-order valence-electron chi connectivity index (χ2n) is 4.80. The average Bonchev–Trinajstić information content (AvgIpc) is 3.18. The molecule has 0 saturated carbocycles. The molecule has 4 heterocycles. The lowest BCUT2D eigenvalue weighted by Crippen LogP contribution is -2.16. The number of fused-ring (bicyclic) bond motifs is 1. The highest BCUT2D eigenvalue weighted by molar-refractivity contribution is 7.15. The van der Waals surface area contributed by atoms with Gasteiger partial charge in [0.05, 0.1) is 12.4 Å². The van der Waals surface area contributed by atoms with Gasteiger partial charge in [0.15, 0.2) is 10.8 Å². The molecule has 0 radical (unpaired) electrons. The van der Waals surface area contributed by atoms with E-state index in [1.54, 1.807) is 34.9 Å². The van der Waals surface area contributed by atoms with Crippen LogP contribution in [-0.2, 0) is 7.05 Å². The van der Waals surface area contributed by atoms with Crippen molar-refractivity contribution in [3.8, 4) is 17.1 Å². The summed E-state index contributed by atoms with van der Waals surface area (Å²) in [5.74, 6) is 1.04. The van der Waals surface area contributed by atoms with Crippen LogP contribution in [0.15, 0.2) is 35.0 Å². The lowest BCUT2D eigenvalue weighted by molar-refractivity contribution is 0.766. The maximum atomic E-state index is 12.6. The first kappa shape index (κ1) is 12.9. The number of hydrogen-bond donors (Lipinski definition) is 0. The molecule has 0 spiro atoms. The van der Waals surface area contributed by atoms with E-state index in [1.807, 2.05) is 18.6 Å². The van der Waals surface area contributed by atoms with E-state index in [9.17, 15) is 4.79 Å². The Morgan fingerprint density at radius 1 is 1.27 bits per heavy atom. The summed E-state index contributed by atoms with van der Waals surface area (Å²) >= 11 is 1.41. The second kappa shape index (κ2) is 4.60. The van der Waals surface area contributed by atoms with Gasteiger partial charge in [0.2, 0.25) is 0 Å². The summed E-state index contributed by atoms with van der Waals surface area (Å²) in [6, 6.07) is 0. The third-order valence-corrected chi connectivity index (χ3v) is 4.00. The van der Waals surface area contributed by atoms with Gasteiger partial charge in [-0.2, -0.15) is 10.2 Å². The normalized spacial score (nSPS) is 11.4. The van der Waals surface area contributed by atoms with Crippen molar-refractivity contribution in [3.05, 3.63) is 46.3 Å². The van der Waals surface area contributed by atoms with Crippen LogP contribution >= 0.6 is 11.3 Å². The Balaban J connectivity index is 1.99. The Morgan fingerprint density at radius 2 is 2.14 bits per heavy atom. The summed E-state index contributed by atoms with van der Waals surface area (Å²) in [4.78, 5) is 22.0. The minimum Gasteiger partial charge on any atom is -0.274 e. The average molecular weight is 313 g/mol. The molecule has 0 N–H and O–H groups in total. The Hall–Kier alpha value is -2.81. The molecule has 110 valence electrons. The summed E-state index contributed by atoms with van der Waals surface area (Å²) < 4.78 is 4.79. The van der Waals surface area contributed by atoms with Crippen LogP contribution in [0.25, 0.3) is 22.0 Å². The van der Waals surface area contributed by atoms with Gasteiger partial charge < -0.3 is 0 Å². The van der Waals surface area contributed by atoms with Crippen LogP contribution in [0.1, 0.15) is 5.82 Å². The fraction of sp³-hybridized carbons (Fsp3) is 0.154. The van der Waals surface area contributed by atoms with Crippen LogP contribution in [0, 0.1) is 6.92 Å². The maximum Gasteiger partial charge on any atom is 0.269 e. The lowest BCUT2D eigenvalue weighted by atomic mass is 10.3. The molecule has 0 aromatic carbocycles. The van der Waals surface area contributed by atoms with Crippen molar-refractivity contribution in [2.45, 2.75) is 6.92 Å². The van der Waals surface area contributed by atoms with E-state index in [-0.39, 0.29) is 5.56 Å². The summed E-state index contributed by atoms with van der Waals surface area (Å²) in [6.07, 6.45) is 6.73. The summed E-state index contributed by atoms with van der Waals surface area (Å²) in [5.41, 5.74) is 0.983. The van der Waals surface area contributed by atoms with E-state index in [2.05, 4.69) is 20.2 Å². The first-order chi connectivity index (χ1) is 10.6. The van der Waals surface area contributed by atoms with E-state index in [4.69, 9.17) is 0 Å². The van der Waals surface area contributed by atoms with E-state index in [0.29, 0.717) is 22.2 Å². The number of aromatic nitrogens is 7. The highest BCUT2D eigenvalue weighted by atomic mass is 32.1. The SMILES string of the molecule is Cc1nc(-c2cnc3sccn3c2=O)n(-c2cnn(C)c2)n1. The third-order valence-electron chi connectivity index (χ3n) is 3.23. The zero-order chi connectivity index (χ0) is 15.3. The minimum absolute atomic E-state index is 0.163. The van der Waals surface area contributed by atoms with Crippen molar-refractivity contribution in [2.24, 2.45) is 7.05 Å². The third kappa shape index (κ3) is 1.86. The van der Waals surface area contributed by atoms with Crippen LogP contribution in [0.4, 0.5) is 0 Å². The zero-order valence-corrected chi connectivity index (χ0v) is 12.7. The van der Waals surface area contributed by atoms with E-state index in [1.165, 1.54) is 15.7 Å². The fourth-order valence-electron chi connectivity index (χ4n) is 2.27. The summed E-state index contributed by atoms with van der Waals surface area (Å²) in [5, 5.41) is 10.3. The molecular weight excluding hydrogens is 302 g/mol. The van der Waals surface area contributed by atoms with E-state index >= 15 is 0 Å². The number of nitrogens with zero attached hydrogens (tertiary/aromatic N) is 7. The molecule has 0 bridgehead atoms. The van der Waals surface area contributed by atoms with Gasteiger partial charge in [-0.1, -0.05) is 0 Å². The zero-order valence-electron chi connectivity index (χ0n) is 11.8. The first-order valence-electron chi connectivity index (χ1n) is 6.51.